The number of hydrogen-bond acceptors (Lipinski definition) is 3. The molecule has 5 heteroatoms. The highest BCUT2D eigenvalue weighted by Crippen LogP contribution is 2.19. The van der Waals surface area contributed by atoms with Crippen molar-refractivity contribution in [3.05, 3.63) is 16.4 Å². The van der Waals surface area contributed by atoms with Crippen LogP contribution in [0.1, 0.15) is 19.5 Å². The highest BCUT2D eigenvalue weighted by Gasteiger charge is 2.19. The van der Waals surface area contributed by atoms with Crippen LogP contribution in [0.15, 0.2) is 10.7 Å². The van der Waals surface area contributed by atoms with Crippen LogP contribution >= 0.6 is 15.9 Å². The van der Waals surface area contributed by atoms with E-state index in [1.54, 1.807) is 0 Å². The lowest BCUT2D eigenvalue weighted by Gasteiger charge is -2.29. The Morgan fingerprint density at radius 3 is 2.62 bits per heavy atom. The minimum Gasteiger partial charge on any atom is -0.330 e. The Labute approximate surface area is 106 Å². The number of rotatable bonds is 5. The van der Waals surface area contributed by atoms with E-state index < -0.39 is 0 Å². The van der Waals surface area contributed by atoms with Crippen LogP contribution in [0.25, 0.3) is 0 Å². The molecule has 0 spiro atoms. The molecule has 0 aliphatic heterocycles. The van der Waals surface area contributed by atoms with E-state index >= 15 is 0 Å². The predicted octanol–water partition coefficient (Wildman–Crippen LogP) is 1.60. The van der Waals surface area contributed by atoms with Crippen molar-refractivity contribution >= 4 is 15.9 Å². The molecule has 16 heavy (non-hydrogen) atoms. The number of nitrogens with two attached hydrogens (primary N) is 1. The molecule has 0 aliphatic carbocycles. The van der Waals surface area contributed by atoms with Gasteiger partial charge in [-0.15, -0.1) is 0 Å². The molecule has 0 fully saturated rings. The Morgan fingerprint density at radius 2 is 2.19 bits per heavy atom. The summed E-state index contributed by atoms with van der Waals surface area (Å²) in [5.41, 5.74) is 7.08. The molecule has 1 aromatic rings. The standard InChI is InChI=1S/C11H21BrN4/c1-11(2,7-13)8-15(3)6-10-9(12)5-14-16(10)4/h5H,6-8,13H2,1-4H3. The minimum absolute atomic E-state index is 0.153. The summed E-state index contributed by atoms with van der Waals surface area (Å²) in [6, 6.07) is 0. The van der Waals surface area contributed by atoms with Crippen LogP contribution in [0.5, 0.6) is 0 Å². The summed E-state index contributed by atoms with van der Waals surface area (Å²) in [6.07, 6.45) is 1.83. The van der Waals surface area contributed by atoms with E-state index in [1.807, 2.05) is 17.9 Å². The van der Waals surface area contributed by atoms with Gasteiger partial charge in [0, 0.05) is 20.1 Å². The molecule has 0 radical (unpaired) electrons. The monoisotopic (exact) mass is 288 g/mol. The van der Waals surface area contributed by atoms with Gasteiger partial charge in [-0.2, -0.15) is 5.10 Å². The van der Waals surface area contributed by atoms with Crippen molar-refractivity contribution in [3.63, 3.8) is 0 Å². The maximum Gasteiger partial charge on any atom is 0.0663 e. The number of aryl methyl sites for hydroxylation is 1. The van der Waals surface area contributed by atoms with E-state index in [0.29, 0.717) is 6.54 Å². The first-order valence-electron chi connectivity index (χ1n) is 5.41. The SMILES string of the molecule is CN(Cc1c(Br)cnn1C)CC(C)(C)CN. The van der Waals surface area contributed by atoms with Gasteiger partial charge in [0.2, 0.25) is 0 Å². The maximum atomic E-state index is 5.73. The molecule has 1 rings (SSSR count). The molecule has 2 N–H and O–H groups in total. The second-order valence-corrected chi connectivity index (χ2v) is 5.96. The smallest absolute Gasteiger partial charge is 0.0663 e. The first-order chi connectivity index (χ1) is 7.35. The van der Waals surface area contributed by atoms with Gasteiger partial charge in [0.05, 0.1) is 16.4 Å². The van der Waals surface area contributed by atoms with Gasteiger partial charge >= 0.3 is 0 Å². The third kappa shape index (κ3) is 3.57. The molecule has 0 amide bonds. The average Bonchev–Trinajstić information content (AvgIpc) is 2.49. The van der Waals surface area contributed by atoms with Crippen LogP contribution in [-0.2, 0) is 13.6 Å². The molecule has 0 aromatic carbocycles. The predicted molar refractivity (Wildman–Crippen MR) is 70.1 cm³/mol. The Kier molecular flexibility index (Phi) is 4.52. The molecule has 0 aliphatic rings. The van der Waals surface area contributed by atoms with Crippen molar-refractivity contribution in [2.75, 3.05) is 20.1 Å². The van der Waals surface area contributed by atoms with E-state index in [2.05, 4.69) is 46.8 Å². The van der Waals surface area contributed by atoms with Gasteiger partial charge in [-0.3, -0.25) is 9.58 Å². The molecule has 92 valence electrons. The molecule has 4 nitrogen and oxygen atoms in total. The number of aromatic nitrogens is 2. The van der Waals surface area contributed by atoms with Crippen LogP contribution in [0.4, 0.5) is 0 Å². The lowest BCUT2D eigenvalue weighted by Crippen LogP contribution is -2.36. The lowest BCUT2D eigenvalue weighted by atomic mass is 9.93. The van der Waals surface area contributed by atoms with Gasteiger partial charge in [0.25, 0.3) is 0 Å². The summed E-state index contributed by atoms with van der Waals surface area (Å²) in [5, 5.41) is 4.20. The number of halogens is 1. The quantitative estimate of drug-likeness (QED) is 0.895. The van der Waals surface area contributed by atoms with Crippen LogP contribution in [0.3, 0.4) is 0 Å². The first-order valence-corrected chi connectivity index (χ1v) is 6.20. The van der Waals surface area contributed by atoms with Crippen LogP contribution in [-0.4, -0.2) is 34.8 Å². The molecule has 1 heterocycles. The summed E-state index contributed by atoms with van der Waals surface area (Å²) in [5.74, 6) is 0. The normalized spacial score (nSPS) is 12.4. The van der Waals surface area contributed by atoms with Gasteiger partial charge in [-0.1, -0.05) is 13.8 Å². The highest BCUT2D eigenvalue weighted by molar-refractivity contribution is 9.10. The molecule has 0 saturated carbocycles. The topological polar surface area (TPSA) is 47.1 Å². The molecular formula is C11H21BrN4. The summed E-state index contributed by atoms with van der Waals surface area (Å²) in [4.78, 5) is 2.27. The summed E-state index contributed by atoms with van der Waals surface area (Å²) < 4.78 is 2.96. The number of nitrogens with zero attached hydrogens (tertiary/aromatic N) is 3. The molecule has 1 aromatic heterocycles. The molecule has 0 saturated heterocycles. The Balaban J connectivity index is 2.62. The fourth-order valence-electron chi connectivity index (χ4n) is 1.72. The second kappa shape index (κ2) is 5.29. The molecular weight excluding hydrogens is 268 g/mol. The van der Waals surface area contributed by atoms with E-state index in [-0.39, 0.29) is 5.41 Å². The third-order valence-electron chi connectivity index (χ3n) is 2.68. The van der Waals surface area contributed by atoms with E-state index in [0.717, 1.165) is 17.6 Å². The zero-order valence-electron chi connectivity index (χ0n) is 10.5. The zero-order valence-corrected chi connectivity index (χ0v) is 12.1. The van der Waals surface area contributed by atoms with Crippen molar-refractivity contribution in [3.8, 4) is 0 Å². The summed E-state index contributed by atoms with van der Waals surface area (Å²) >= 11 is 3.51. The fraction of sp³-hybridized carbons (Fsp3) is 0.727. The van der Waals surface area contributed by atoms with Crippen molar-refractivity contribution in [2.24, 2.45) is 18.2 Å². The lowest BCUT2D eigenvalue weighted by molar-refractivity contribution is 0.206. The second-order valence-electron chi connectivity index (χ2n) is 5.10. The molecule has 0 atom stereocenters. The fourth-order valence-corrected chi connectivity index (χ4v) is 2.19. The van der Waals surface area contributed by atoms with Gasteiger partial charge in [-0.05, 0) is 34.9 Å². The average molecular weight is 289 g/mol. The summed E-state index contributed by atoms with van der Waals surface area (Å²) in [7, 11) is 4.07. The highest BCUT2D eigenvalue weighted by atomic mass is 79.9. The first kappa shape index (κ1) is 13.7. The van der Waals surface area contributed by atoms with Crippen molar-refractivity contribution < 1.29 is 0 Å². The Bertz CT molecular complexity index is 326. The Morgan fingerprint density at radius 1 is 1.56 bits per heavy atom. The van der Waals surface area contributed by atoms with Crippen molar-refractivity contribution in [2.45, 2.75) is 20.4 Å². The van der Waals surface area contributed by atoms with Crippen molar-refractivity contribution in [1.29, 1.82) is 0 Å². The van der Waals surface area contributed by atoms with Crippen LogP contribution in [0.2, 0.25) is 0 Å². The van der Waals surface area contributed by atoms with Gasteiger partial charge in [0.15, 0.2) is 0 Å². The van der Waals surface area contributed by atoms with Gasteiger partial charge in [0.1, 0.15) is 0 Å². The van der Waals surface area contributed by atoms with E-state index in [4.69, 9.17) is 5.73 Å². The third-order valence-corrected chi connectivity index (χ3v) is 3.34. The van der Waals surface area contributed by atoms with Gasteiger partial charge < -0.3 is 5.73 Å². The zero-order chi connectivity index (χ0) is 12.3. The van der Waals surface area contributed by atoms with Gasteiger partial charge in [-0.25, -0.2) is 0 Å². The van der Waals surface area contributed by atoms with E-state index in [1.165, 1.54) is 5.69 Å². The van der Waals surface area contributed by atoms with E-state index in [9.17, 15) is 0 Å². The summed E-state index contributed by atoms with van der Waals surface area (Å²) in [6.45, 7) is 6.91. The van der Waals surface area contributed by atoms with Crippen molar-refractivity contribution in [1.82, 2.24) is 14.7 Å². The number of hydrogen-bond donors (Lipinski definition) is 1. The van der Waals surface area contributed by atoms with Crippen LogP contribution in [0, 0.1) is 5.41 Å². The van der Waals surface area contributed by atoms with Crippen LogP contribution < -0.4 is 5.73 Å². The largest absolute Gasteiger partial charge is 0.330 e. The molecule has 0 unspecified atom stereocenters. The minimum atomic E-state index is 0.153. The maximum absolute atomic E-state index is 5.73. The Hall–Kier alpha value is -0.390. The molecule has 0 bridgehead atoms.